The highest BCUT2D eigenvalue weighted by Crippen LogP contribution is 2.31. The number of piperazine rings is 1. The molecule has 172 valence electrons. The minimum Gasteiger partial charge on any atom is -0.495 e. The van der Waals surface area contributed by atoms with Crippen molar-refractivity contribution >= 4 is 23.1 Å². The molecule has 1 aliphatic heterocycles. The van der Waals surface area contributed by atoms with Gasteiger partial charge in [0.2, 0.25) is 0 Å². The summed E-state index contributed by atoms with van der Waals surface area (Å²) in [5.74, 6) is 1.63. The molecule has 0 atom stereocenters. The molecule has 34 heavy (non-hydrogen) atoms. The number of hydrogen-bond donors (Lipinski definition) is 0. The fourth-order valence-electron chi connectivity index (χ4n) is 4.23. The molecule has 0 bridgehead atoms. The summed E-state index contributed by atoms with van der Waals surface area (Å²) in [6, 6.07) is 12.5. The van der Waals surface area contributed by atoms with Crippen molar-refractivity contribution in [2.24, 2.45) is 0 Å². The van der Waals surface area contributed by atoms with Crippen LogP contribution in [0.25, 0.3) is 16.6 Å². The molecular weight excluding hydrogens is 446 g/mol. The predicted molar refractivity (Wildman–Crippen MR) is 133 cm³/mol. The lowest BCUT2D eigenvalue weighted by Gasteiger charge is -2.35. The molecule has 5 heterocycles. The zero-order valence-electron chi connectivity index (χ0n) is 19.2. The van der Waals surface area contributed by atoms with E-state index in [0.29, 0.717) is 11.3 Å². The van der Waals surface area contributed by atoms with E-state index in [1.165, 1.54) is 4.90 Å². The second kappa shape index (κ2) is 9.71. The van der Waals surface area contributed by atoms with Crippen LogP contribution in [0, 0.1) is 11.3 Å². The van der Waals surface area contributed by atoms with Gasteiger partial charge in [-0.3, -0.25) is 9.88 Å². The number of hydrogen-bond acceptors (Lipinski definition) is 8. The SMILES string of the molecule is COc1cc(-c2ccc(N3CCN(Cc4ccc(SC)cn4)CC3)nc2)c2c(C#N)cnn2c1. The molecule has 4 aromatic rings. The van der Waals surface area contributed by atoms with Crippen LogP contribution in [0.2, 0.25) is 0 Å². The van der Waals surface area contributed by atoms with E-state index >= 15 is 0 Å². The van der Waals surface area contributed by atoms with Crippen LogP contribution in [-0.2, 0) is 6.54 Å². The van der Waals surface area contributed by atoms with Crippen LogP contribution in [0.3, 0.4) is 0 Å². The van der Waals surface area contributed by atoms with Gasteiger partial charge in [-0.15, -0.1) is 11.8 Å². The summed E-state index contributed by atoms with van der Waals surface area (Å²) in [4.78, 5) is 15.3. The highest BCUT2D eigenvalue weighted by atomic mass is 32.2. The molecule has 4 aromatic heterocycles. The van der Waals surface area contributed by atoms with Crippen molar-refractivity contribution in [2.75, 3.05) is 44.4 Å². The third kappa shape index (κ3) is 4.42. The molecular formula is C25H25N7OS. The largest absolute Gasteiger partial charge is 0.495 e. The number of nitriles is 1. The Labute approximate surface area is 202 Å². The zero-order valence-corrected chi connectivity index (χ0v) is 20.0. The van der Waals surface area contributed by atoms with Crippen LogP contribution in [0.1, 0.15) is 11.3 Å². The molecule has 8 nitrogen and oxygen atoms in total. The minimum atomic E-state index is 0.524. The van der Waals surface area contributed by atoms with Crippen molar-refractivity contribution in [3.63, 3.8) is 0 Å². The Morgan fingerprint density at radius 1 is 1.06 bits per heavy atom. The van der Waals surface area contributed by atoms with Gasteiger partial charge in [-0.1, -0.05) is 0 Å². The van der Waals surface area contributed by atoms with Gasteiger partial charge in [-0.2, -0.15) is 10.4 Å². The highest BCUT2D eigenvalue weighted by Gasteiger charge is 2.19. The zero-order chi connectivity index (χ0) is 23.5. The smallest absolute Gasteiger partial charge is 0.137 e. The predicted octanol–water partition coefficient (Wildman–Crippen LogP) is 3.72. The fourth-order valence-corrected chi connectivity index (χ4v) is 4.59. The molecule has 0 unspecified atom stereocenters. The Morgan fingerprint density at radius 3 is 2.56 bits per heavy atom. The van der Waals surface area contributed by atoms with Crippen molar-refractivity contribution in [2.45, 2.75) is 11.4 Å². The average Bonchev–Trinajstić information content (AvgIpc) is 3.32. The number of fused-ring (bicyclic) bond motifs is 1. The number of anilines is 1. The Balaban J connectivity index is 1.29. The molecule has 0 amide bonds. The number of pyridine rings is 3. The van der Waals surface area contributed by atoms with Crippen molar-refractivity contribution in [3.05, 3.63) is 66.4 Å². The summed E-state index contributed by atoms with van der Waals surface area (Å²) in [7, 11) is 1.62. The van der Waals surface area contributed by atoms with Crippen molar-refractivity contribution < 1.29 is 4.74 Å². The normalized spacial score (nSPS) is 14.3. The Morgan fingerprint density at radius 2 is 1.91 bits per heavy atom. The topological polar surface area (TPSA) is 82.6 Å². The fraction of sp³-hybridized carbons (Fsp3) is 0.280. The second-order valence-corrected chi connectivity index (χ2v) is 8.99. The van der Waals surface area contributed by atoms with Gasteiger partial charge in [-0.05, 0) is 36.6 Å². The van der Waals surface area contributed by atoms with Crippen LogP contribution in [-0.4, -0.2) is 64.0 Å². The maximum atomic E-state index is 9.51. The van der Waals surface area contributed by atoms with E-state index in [9.17, 15) is 5.26 Å². The number of thioether (sulfide) groups is 1. The lowest BCUT2D eigenvalue weighted by molar-refractivity contribution is 0.246. The summed E-state index contributed by atoms with van der Waals surface area (Å²) in [6.07, 6.45) is 9.22. The summed E-state index contributed by atoms with van der Waals surface area (Å²) in [5.41, 5.74) is 4.18. The van der Waals surface area contributed by atoms with Gasteiger partial charge in [0, 0.05) is 61.1 Å². The molecule has 9 heteroatoms. The minimum absolute atomic E-state index is 0.524. The molecule has 0 aromatic carbocycles. The first-order valence-electron chi connectivity index (χ1n) is 11.1. The van der Waals surface area contributed by atoms with Crippen molar-refractivity contribution in [3.8, 4) is 22.9 Å². The van der Waals surface area contributed by atoms with Crippen LogP contribution in [0.4, 0.5) is 5.82 Å². The van der Waals surface area contributed by atoms with Crippen LogP contribution in [0.15, 0.2) is 60.0 Å². The van der Waals surface area contributed by atoms with E-state index in [1.54, 1.807) is 35.8 Å². The average molecular weight is 472 g/mol. The molecule has 0 spiro atoms. The molecule has 0 aliphatic carbocycles. The van der Waals surface area contributed by atoms with Crippen LogP contribution >= 0.6 is 11.8 Å². The number of ether oxygens (including phenoxy) is 1. The molecule has 0 radical (unpaired) electrons. The molecule has 1 fully saturated rings. The van der Waals surface area contributed by atoms with Gasteiger partial charge in [0.1, 0.15) is 17.6 Å². The van der Waals surface area contributed by atoms with E-state index in [-0.39, 0.29) is 0 Å². The van der Waals surface area contributed by atoms with Gasteiger partial charge in [0.15, 0.2) is 0 Å². The molecule has 1 aliphatic rings. The number of nitrogens with zero attached hydrogens (tertiary/aromatic N) is 7. The summed E-state index contributed by atoms with van der Waals surface area (Å²) < 4.78 is 7.11. The van der Waals surface area contributed by atoms with Crippen molar-refractivity contribution in [1.29, 1.82) is 5.26 Å². The Hall–Kier alpha value is -3.61. The molecule has 0 N–H and O–H groups in total. The van der Waals surface area contributed by atoms with E-state index in [4.69, 9.17) is 9.72 Å². The lowest BCUT2D eigenvalue weighted by atomic mass is 10.1. The third-order valence-electron chi connectivity index (χ3n) is 6.12. The first kappa shape index (κ1) is 22.2. The Bertz CT molecular complexity index is 1320. The first-order chi connectivity index (χ1) is 16.7. The maximum Gasteiger partial charge on any atom is 0.137 e. The van der Waals surface area contributed by atoms with E-state index in [1.807, 2.05) is 24.5 Å². The van der Waals surface area contributed by atoms with Crippen LogP contribution < -0.4 is 9.64 Å². The summed E-state index contributed by atoms with van der Waals surface area (Å²) >= 11 is 1.71. The van der Waals surface area contributed by atoms with Gasteiger partial charge >= 0.3 is 0 Å². The lowest BCUT2D eigenvalue weighted by Crippen LogP contribution is -2.46. The number of aromatic nitrogens is 4. The maximum absolute atomic E-state index is 9.51. The monoisotopic (exact) mass is 471 g/mol. The third-order valence-corrected chi connectivity index (χ3v) is 6.83. The van der Waals surface area contributed by atoms with E-state index in [0.717, 1.165) is 60.9 Å². The first-order valence-corrected chi connectivity index (χ1v) is 12.3. The second-order valence-electron chi connectivity index (χ2n) is 8.11. The number of rotatable bonds is 6. The molecule has 1 saturated heterocycles. The summed E-state index contributed by atoms with van der Waals surface area (Å²) in [5, 5.41) is 13.8. The standard InChI is InChI=1S/C25H25N7OS/c1-33-21-11-23(25-19(12-26)14-29-32(25)17-21)18-3-6-24(28-13-18)31-9-7-30(8-10-31)16-20-4-5-22(34-2)15-27-20/h3-6,11,13-15,17H,7-10,16H2,1-2H3. The quantitative estimate of drug-likeness (QED) is 0.394. The summed E-state index contributed by atoms with van der Waals surface area (Å²) in [6.45, 7) is 4.63. The highest BCUT2D eigenvalue weighted by molar-refractivity contribution is 7.98. The van der Waals surface area contributed by atoms with Crippen LogP contribution in [0.5, 0.6) is 5.75 Å². The van der Waals surface area contributed by atoms with E-state index < -0.39 is 0 Å². The number of methoxy groups -OCH3 is 1. The Kier molecular flexibility index (Phi) is 6.34. The van der Waals surface area contributed by atoms with Gasteiger partial charge in [0.05, 0.1) is 36.3 Å². The molecule has 5 rings (SSSR count). The van der Waals surface area contributed by atoms with Crippen molar-refractivity contribution in [1.82, 2.24) is 24.5 Å². The van der Waals surface area contributed by atoms with Gasteiger partial charge in [-0.25, -0.2) is 9.50 Å². The van der Waals surface area contributed by atoms with E-state index in [2.05, 4.69) is 50.4 Å². The van der Waals surface area contributed by atoms with Gasteiger partial charge < -0.3 is 9.64 Å². The molecule has 0 saturated carbocycles. The van der Waals surface area contributed by atoms with Gasteiger partial charge in [0.25, 0.3) is 0 Å².